The molecule has 1 atom stereocenters. The molecule has 5 aromatic rings. The number of fused-ring (bicyclic) bond motifs is 3. The first-order valence-electron chi connectivity index (χ1n) is 14.4. The van der Waals surface area contributed by atoms with Gasteiger partial charge in [-0.05, 0) is 49.1 Å². The van der Waals surface area contributed by atoms with Gasteiger partial charge >= 0.3 is 5.69 Å². The number of amides is 1. The van der Waals surface area contributed by atoms with Crippen molar-refractivity contribution in [3.8, 4) is 22.7 Å². The first-order valence-corrected chi connectivity index (χ1v) is 14.4. The number of hydrogen-bond acceptors (Lipinski definition) is 8. The van der Waals surface area contributed by atoms with E-state index in [2.05, 4.69) is 40.5 Å². The zero-order valence-electron chi connectivity index (χ0n) is 24.6. The topological polar surface area (TPSA) is 122 Å². The monoisotopic (exact) mass is 576 g/mol. The van der Waals surface area contributed by atoms with Crippen LogP contribution in [0, 0.1) is 13.8 Å². The van der Waals surface area contributed by atoms with E-state index in [0.29, 0.717) is 60.2 Å². The number of rotatable bonds is 4. The van der Waals surface area contributed by atoms with Gasteiger partial charge in [0.1, 0.15) is 23.6 Å². The Bertz CT molecular complexity index is 2010. The normalized spacial score (nSPS) is 16.3. The second kappa shape index (κ2) is 10.0. The van der Waals surface area contributed by atoms with Crippen LogP contribution in [-0.2, 0) is 4.79 Å². The molecule has 0 unspecified atom stereocenters. The van der Waals surface area contributed by atoms with Gasteiger partial charge in [0, 0.05) is 42.8 Å². The molecule has 7 rings (SSSR count). The van der Waals surface area contributed by atoms with Gasteiger partial charge in [-0.25, -0.2) is 14.3 Å². The Labute approximate surface area is 247 Å². The summed E-state index contributed by atoms with van der Waals surface area (Å²) in [4.78, 5) is 45.1. The van der Waals surface area contributed by atoms with Crippen molar-refractivity contribution in [2.45, 2.75) is 39.7 Å². The summed E-state index contributed by atoms with van der Waals surface area (Å²) in [5, 5.41) is 8.90. The number of aromatic amines is 1. The molecule has 1 fully saturated rings. The van der Waals surface area contributed by atoms with Gasteiger partial charge in [0.15, 0.2) is 5.65 Å². The molecule has 1 amide bonds. The Hall–Kier alpha value is -5.06. The van der Waals surface area contributed by atoms with E-state index in [1.807, 2.05) is 38.1 Å². The van der Waals surface area contributed by atoms with E-state index < -0.39 is 5.69 Å². The molecule has 4 aromatic heterocycles. The van der Waals surface area contributed by atoms with E-state index in [4.69, 9.17) is 14.7 Å². The second-order valence-electron chi connectivity index (χ2n) is 11.5. The number of benzene rings is 1. The van der Waals surface area contributed by atoms with Gasteiger partial charge in [0.05, 0.1) is 34.8 Å². The van der Waals surface area contributed by atoms with Crippen molar-refractivity contribution >= 4 is 33.7 Å². The summed E-state index contributed by atoms with van der Waals surface area (Å²) in [6.07, 6.45) is 4.89. The minimum Gasteiger partial charge on any atom is -0.490 e. The van der Waals surface area contributed by atoms with Crippen LogP contribution in [-0.4, -0.2) is 72.8 Å². The van der Waals surface area contributed by atoms with Crippen LogP contribution in [0.25, 0.3) is 38.9 Å². The van der Waals surface area contributed by atoms with Gasteiger partial charge in [-0.2, -0.15) is 10.1 Å². The van der Waals surface area contributed by atoms with Crippen molar-refractivity contribution in [3.63, 3.8) is 0 Å². The third-order valence-electron chi connectivity index (χ3n) is 8.48. The molecule has 11 nitrogen and oxygen atoms in total. The van der Waals surface area contributed by atoms with Crippen LogP contribution in [0.1, 0.15) is 36.6 Å². The Morgan fingerprint density at radius 1 is 1.16 bits per heavy atom. The van der Waals surface area contributed by atoms with Gasteiger partial charge in [-0.1, -0.05) is 26.5 Å². The summed E-state index contributed by atoms with van der Waals surface area (Å²) in [6.45, 7) is 13.5. The molecule has 1 saturated heterocycles. The number of aryl methyl sites for hydroxylation is 2. The Balaban J connectivity index is 1.55. The molecule has 1 aromatic carbocycles. The molecule has 1 N–H and O–H groups in total. The molecule has 6 heterocycles. The van der Waals surface area contributed by atoms with Gasteiger partial charge < -0.3 is 14.5 Å². The van der Waals surface area contributed by atoms with E-state index in [1.165, 1.54) is 6.08 Å². The number of H-pyrrole nitrogens is 1. The summed E-state index contributed by atoms with van der Waals surface area (Å²) in [5.41, 5.74) is 5.82. The molecule has 218 valence electrons. The molecular weight excluding hydrogens is 544 g/mol. The van der Waals surface area contributed by atoms with Crippen LogP contribution in [0.2, 0.25) is 0 Å². The molecule has 0 aliphatic carbocycles. The van der Waals surface area contributed by atoms with Gasteiger partial charge in [-0.3, -0.25) is 14.9 Å². The van der Waals surface area contributed by atoms with Crippen LogP contribution in [0.5, 0.6) is 5.75 Å². The summed E-state index contributed by atoms with van der Waals surface area (Å²) < 4.78 is 8.14. The highest BCUT2D eigenvalue weighted by atomic mass is 16.5. The second-order valence-corrected chi connectivity index (χ2v) is 11.5. The predicted octanol–water partition coefficient (Wildman–Crippen LogP) is 4.05. The highest BCUT2D eigenvalue weighted by Gasteiger charge is 2.36. The fourth-order valence-electron chi connectivity index (χ4n) is 6.36. The van der Waals surface area contributed by atoms with Gasteiger partial charge in [-0.15, -0.1) is 0 Å². The third kappa shape index (κ3) is 4.17. The standard InChI is InChI=1S/C32H32N8O3/c1-6-25(41)38-11-12-39-20(15-38)16-43-24-13-23(26-18(4)7-8-22-21(26)14-34-37-22)35-31-27(24)30(39)36-32(42)40(31)29-19(5)9-10-33-28(29)17(2)3/h6-10,13-14,17,20H,1,11-12,15-16H2,2-5H3,(H,34,37)/t20-/m0/s1. The van der Waals surface area contributed by atoms with Crippen molar-refractivity contribution in [2.24, 2.45) is 0 Å². The number of carbonyl (C=O) groups excluding carboxylic acids is 1. The Morgan fingerprint density at radius 2 is 2.00 bits per heavy atom. The minimum absolute atomic E-state index is 0.0490. The van der Waals surface area contributed by atoms with Crippen molar-refractivity contribution < 1.29 is 9.53 Å². The molecule has 11 heteroatoms. The van der Waals surface area contributed by atoms with Crippen LogP contribution >= 0.6 is 0 Å². The van der Waals surface area contributed by atoms with Crippen molar-refractivity contribution in [3.05, 3.63) is 76.6 Å². The molecule has 43 heavy (non-hydrogen) atoms. The number of carbonyl (C=O) groups is 1. The lowest BCUT2D eigenvalue weighted by molar-refractivity contribution is -0.126. The molecule has 0 saturated carbocycles. The number of aromatic nitrogens is 6. The van der Waals surface area contributed by atoms with E-state index in [1.54, 1.807) is 21.9 Å². The average Bonchev–Trinajstić information content (AvgIpc) is 3.41. The number of piperazine rings is 1. The molecule has 2 aliphatic heterocycles. The maximum atomic E-state index is 14.2. The van der Waals surface area contributed by atoms with Crippen molar-refractivity contribution in [1.82, 2.24) is 34.6 Å². The lowest BCUT2D eigenvalue weighted by Gasteiger charge is -2.40. The fraction of sp³-hybridized carbons (Fsp3) is 0.312. The Morgan fingerprint density at radius 3 is 2.79 bits per heavy atom. The zero-order chi connectivity index (χ0) is 30.0. The van der Waals surface area contributed by atoms with Gasteiger partial charge in [0.2, 0.25) is 5.91 Å². The molecular formula is C32H32N8O3. The highest BCUT2D eigenvalue weighted by molar-refractivity contribution is 6.00. The average molecular weight is 577 g/mol. The smallest absolute Gasteiger partial charge is 0.355 e. The van der Waals surface area contributed by atoms with Crippen molar-refractivity contribution in [1.29, 1.82) is 0 Å². The lowest BCUT2D eigenvalue weighted by Crippen LogP contribution is -2.56. The summed E-state index contributed by atoms with van der Waals surface area (Å²) in [7, 11) is 0. The predicted molar refractivity (Wildman–Crippen MR) is 165 cm³/mol. The highest BCUT2D eigenvalue weighted by Crippen LogP contribution is 2.41. The first-order chi connectivity index (χ1) is 20.8. The molecule has 2 aliphatic rings. The summed E-state index contributed by atoms with van der Waals surface area (Å²) in [5.74, 6) is 1.02. The number of ether oxygens (including phenoxy) is 1. The van der Waals surface area contributed by atoms with Crippen LogP contribution in [0.3, 0.4) is 0 Å². The summed E-state index contributed by atoms with van der Waals surface area (Å²) >= 11 is 0. The van der Waals surface area contributed by atoms with Crippen LogP contribution in [0.4, 0.5) is 5.82 Å². The number of pyridine rings is 2. The molecule has 0 spiro atoms. The SMILES string of the molecule is C=CC(=O)N1CCN2c3nc(=O)n(-c4c(C)ccnc4C(C)C)c4nc(-c5c(C)ccc6[nH]ncc56)cc(c34)OC[C@@H]2C1. The Kier molecular flexibility index (Phi) is 6.26. The van der Waals surface area contributed by atoms with E-state index in [0.717, 1.165) is 33.3 Å². The van der Waals surface area contributed by atoms with E-state index >= 15 is 0 Å². The summed E-state index contributed by atoms with van der Waals surface area (Å²) in [6, 6.07) is 7.65. The van der Waals surface area contributed by atoms with E-state index in [-0.39, 0.29) is 17.9 Å². The number of hydrogen-bond donors (Lipinski definition) is 1. The van der Waals surface area contributed by atoms with Crippen molar-refractivity contribution in [2.75, 3.05) is 31.1 Å². The van der Waals surface area contributed by atoms with Crippen LogP contribution < -0.4 is 15.3 Å². The zero-order valence-corrected chi connectivity index (χ0v) is 24.6. The fourth-order valence-corrected chi connectivity index (χ4v) is 6.36. The van der Waals surface area contributed by atoms with E-state index in [9.17, 15) is 9.59 Å². The number of nitrogens with zero attached hydrogens (tertiary/aromatic N) is 7. The number of anilines is 1. The molecule has 0 bridgehead atoms. The third-order valence-corrected chi connectivity index (χ3v) is 8.48. The molecule has 0 radical (unpaired) electrons. The minimum atomic E-state index is -0.445. The first kappa shape index (κ1) is 26.8. The maximum Gasteiger partial charge on any atom is 0.355 e. The van der Waals surface area contributed by atoms with Gasteiger partial charge in [0.25, 0.3) is 0 Å². The number of nitrogens with one attached hydrogen (secondary N) is 1. The van der Waals surface area contributed by atoms with Crippen LogP contribution in [0.15, 0.2) is 54.1 Å². The maximum absolute atomic E-state index is 14.2. The largest absolute Gasteiger partial charge is 0.490 e. The quantitative estimate of drug-likeness (QED) is 0.318. The lowest BCUT2D eigenvalue weighted by atomic mass is 10.00.